The number of piperidine rings is 1. The Balaban J connectivity index is 2.87. The van der Waals surface area contributed by atoms with Crippen LogP contribution in [0.3, 0.4) is 0 Å². The molecule has 1 aliphatic heterocycles. The highest BCUT2D eigenvalue weighted by Crippen LogP contribution is 2.27. The van der Waals surface area contributed by atoms with Crippen molar-refractivity contribution < 1.29 is 4.79 Å². The highest BCUT2D eigenvalue weighted by molar-refractivity contribution is 5.76. The van der Waals surface area contributed by atoms with Crippen LogP contribution in [0.15, 0.2) is 0 Å². The lowest BCUT2D eigenvalue weighted by Gasteiger charge is -2.48. The summed E-state index contributed by atoms with van der Waals surface area (Å²) in [5.41, 5.74) is -0.264. The van der Waals surface area contributed by atoms with Crippen molar-refractivity contribution in [1.82, 2.24) is 9.80 Å². The number of likely N-dealkylation sites (tertiary alicyclic amines) is 1. The fraction of sp³-hybridized carbons (Fsp3) is 0.929. The molecule has 1 saturated heterocycles. The average molecular weight is 240 g/mol. The Kier molecular flexibility index (Phi) is 4.11. The number of urea groups is 1. The van der Waals surface area contributed by atoms with Gasteiger partial charge < -0.3 is 9.80 Å². The molecule has 2 amide bonds. The molecule has 0 aromatic carbocycles. The molecule has 1 heterocycles. The molecule has 1 rings (SSSR count). The Morgan fingerprint density at radius 2 is 1.29 bits per heavy atom. The van der Waals surface area contributed by atoms with E-state index in [0.717, 1.165) is 25.9 Å². The summed E-state index contributed by atoms with van der Waals surface area (Å²) in [5.74, 6) is 0. The van der Waals surface area contributed by atoms with Gasteiger partial charge in [-0.15, -0.1) is 0 Å². The van der Waals surface area contributed by atoms with Crippen LogP contribution in [0.2, 0.25) is 0 Å². The van der Waals surface area contributed by atoms with Gasteiger partial charge in [0, 0.05) is 24.2 Å². The lowest BCUT2D eigenvalue weighted by Crippen LogP contribution is -2.60. The van der Waals surface area contributed by atoms with Gasteiger partial charge in [-0.1, -0.05) is 0 Å². The molecule has 17 heavy (non-hydrogen) atoms. The lowest BCUT2D eigenvalue weighted by atomic mass is 9.96. The van der Waals surface area contributed by atoms with Crippen LogP contribution in [0.1, 0.15) is 60.8 Å². The molecular weight excluding hydrogens is 212 g/mol. The SMILES string of the molecule is CC(C)(C)N(C(=O)N1CCCCC1)C(C)(C)C. The third-order valence-electron chi connectivity index (χ3n) is 3.16. The smallest absolute Gasteiger partial charge is 0.320 e. The second-order valence-corrected chi connectivity index (χ2v) is 7.01. The molecule has 3 nitrogen and oxygen atoms in total. The number of carbonyl (C=O) groups is 1. The second-order valence-electron chi connectivity index (χ2n) is 7.01. The molecule has 0 aromatic rings. The van der Waals surface area contributed by atoms with Gasteiger partial charge >= 0.3 is 6.03 Å². The number of carbonyl (C=O) groups excluding carboxylic acids is 1. The normalized spacial score (nSPS) is 18.1. The van der Waals surface area contributed by atoms with Crippen molar-refractivity contribution in [2.75, 3.05) is 13.1 Å². The van der Waals surface area contributed by atoms with E-state index in [2.05, 4.69) is 41.5 Å². The molecule has 0 saturated carbocycles. The van der Waals surface area contributed by atoms with Gasteiger partial charge in [0.25, 0.3) is 0 Å². The second kappa shape index (κ2) is 4.87. The van der Waals surface area contributed by atoms with Crippen LogP contribution >= 0.6 is 0 Å². The van der Waals surface area contributed by atoms with Crippen molar-refractivity contribution in [3.8, 4) is 0 Å². The van der Waals surface area contributed by atoms with Crippen molar-refractivity contribution in [1.29, 1.82) is 0 Å². The van der Waals surface area contributed by atoms with Crippen molar-refractivity contribution >= 4 is 6.03 Å². The van der Waals surface area contributed by atoms with E-state index in [-0.39, 0.29) is 17.1 Å². The standard InChI is InChI=1S/C14H28N2O/c1-13(2,3)16(14(4,5)6)12(17)15-10-8-7-9-11-15/h7-11H2,1-6H3. The molecular formula is C14H28N2O. The summed E-state index contributed by atoms with van der Waals surface area (Å²) in [5, 5.41) is 0. The predicted octanol–water partition coefficient (Wildman–Crippen LogP) is 3.49. The van der Waals surface area contributed by atoms with E-state index in [1.807, 2.05) is 9.80 Å². The number of rotatable bonds is 0. The zero-order valence-corrected chi connectivity index (χ0v) is 12.3. The summed E-state index contributed by atoms with van der Waals surface area (Å²) < 4.78 is 0. The maximum absolute atomic E-state index is 12.6. The zero-order chi connectivity index (χ0) is 13.3. The Morgan fingerprint density at radius 3 is 1.65 bits per heavy atom. The molecule has 0 spiro atoms. The maximum atomic E-state index is 12.6. The quantitative estimate of drug-likeness (QED) is 0.636. The number of nitrogens with zero attached hydrogens (tertiary/aromatic N) is 2. The van der Waals surface area contributed by atoms with E-state index in [1.54, 1.807) is 0 Å². The lowest BCUT2D eigenvalue weighted by molar-refractivity contribution is 0.0466. The number of hydrogen-bond acceptors (Lipinski definition) is 1. The summed E-state index contributed by atoms with van der Waals surface area (Å²) in [4.78, 5) is 16.7. The van der Waals surface area contributed by atoms with Crippen LogP contribution in [-0.2, 0) is 0 Å². The van der Waals surface area contributed by atoms with E-state index in [1.165, 1.54) is 6.42 Å². The van der Waals surface area contributed by atoms with Gasteiger partial charge in [-0.2, -0.15) is 0 Å². The Labute approximate surface area is 106 Å². The third-order valence-corrected chi connectivity index (χ3v) is 3.16. The summed E-state index contributed by atoms with van der Waals surface area (Å²) in [6.45, 7) is 14.5. The first-order valence-corrected chi connectivity index (χ1v) is 6.73. The highest BCUT2D eigenvalue weighted by atomic mass is 16.2. The Bertz CT molecular complexity index is 253. The molecule has 3 heteroatoms. The van der Waals surface area contributed by atoms with Crippen LogP contribution in [-0.4, -0.2) is 40.0 Å². The van der Waals surface area contributed by atoms with E-state index in [4.69, 9.17) is 0 Å². The van der Waals surface area contributed by atoms with E-state index in [0.29, 0.717) is 0 Å². The van der Waals surface area contributed by atoms with Crippen LogP contribution in [0, 0.1) is 0 Å². The van der Waals surface area contributed by atoms with Gasteiger partial charge in [0.2, 0.25) is 0 Å². The molecule has 1 fully saturated rings. The summed E-state index contributed by atoms with van der Waals surface area (Å²) in [6, 6.07) is 0.199. The van der Waals surface area contributed by atoms with Gasteiger partial charge in [0.15, 0.2) is 0 Å². The first kappa shape index (κ1) is 14.3. The molecule has 1 aliphatic rings. The molecule has 0 N–H and O–H groups in total. The Morgan fingerprint density at radius 1 is 0.882 bits per heavy atom. The van der Waals surface area contributed by atoms with Crippen molar-refractivity contribution in [3.63, 3.8) is 0 Å². The molecule has 0 radical (unpaired) electrons. The first-order valence-electron chi connectivity index (χ1n) is 6.73. The number of hydrogen-bond donors (Lipinski definition) is 0. The predicted molar refractivity (Wildman–Crippen MR) is 72.2 cm³/mol. The van der Waals surface area contributed by atoms with Crippen molar-refractivity contribution in [3.05, 3.63) is 0 Å². The van der Waals surface area contributed by atoms with Crippen molar-refractivity contribution in [2.45, 2.75) is 71.9 Å². The van der Waals surface area contributed by atoms with Crippen LogP contribution in [0.4, 0.5) is 4.79 Å². The number of amides is 2. The maximum Gasteiger partial charge on any atom is 0.320 e. The first-order chi connectivity index (χ1) is 7.64. The zero-order valence-electron chi connectivity index (χ0n) is 12.3. The molecule has 0 unspecified atom stereocenters. The van der Waals surface area contributed by atoms with Gasteiger partial charge in [-0.3, -0.25) is 0 Å². The minimum atomic E-state index is -0.132. The molecule has 0 aliphatic carbocycles. The van der Waals surface area contributed by atoms with Crippen LogP contribution in [0.5, 0.6) is 0 Å². The van der Waals surface area contributed by atoms with E-state index < -0.39 is 0 Å². The topological polar surface area (TPSA) is 23.6 Å². The fourth-order valence-electron chi connectivity index (χ4n) is 2.81. The molecule has 100 valence electrons. The molecule has 0 atom stereocenters. The summed E-state index contributed by atoms with van der Waals surface area (Å²) in [6.07, 6.45) is 3.55. The highest BCUT2D eigenvalue weighted by Gasteiger charge is 2.38. The van der Waals surface area contributed by atoms with E-state index in [9.17, 15) is 4.79 Å². The minimum absolute atomic E-state index is 0.132. The van der Waals surface area contributed by atoms with Gasteiger partial charge in [-0.25, -0.2) is 4.79 Å². The molecule has 0 aromatic heterocycles. The minimum Gasteiger partial charge on any atom is -0.325 e. The van der Waals surface area contributed by atoms with Gasteiger partial charge in [0.1, 0.15) is 0 Å². The summed E-state index contributed by atoms with van der Waals surface area (Å²) in [7, 11) is 0. The largest absolute Gasteiger partial charge is 0.325 e. The van der Waals surface area contributed by atoms with Gasteiger partial charge in [-0.05, 0) is 60.8 Å². The third kappa shape index (κ3) is 3.62. The van der Waals surface area contributed by atoms with Crippen LogP contribution in [0.25, 0.3) is 0 Å². The van der Waals surface area contributed by atoms with E-state index >= 15 is 0 Å². The fourth-order valence-corrected chi connectivity index (χ4v) is 2.81. The van der Waals surface area contributed by atoms with Crippen LogP contribution < -0.4 is 0 Å². The van der Waals surface area contributed by atoms with Gasteiger partial charge in [0.05, 0.1) is 0 Å². The molecule has 0 bridgehead atoms. The average Bonchev–Trinajstić information content (AvgIpc) is 2.14. The Hall–Kier alpha value is -0.730. The monoisotopic (exact) mass is 240 g/mol. The van der Waals surface area contributed by atoms with Crippen molar-refractivity contribution in [2.24, 2.45) is 0 Å². The summed E-state index contributed by atoms with van der Waals surface area (Å²) >= 11 is 0.